The molecule has 0 aliphatic rings. The van der Waals surface area contributed by atoms with Gasteiger partial charge in [0.25, 0.3) is 0 Å². The van der Waals surface area contributed by atoms with Crippen molar-refractivity contribution < 1.29 is 25.8 Å². The first-order chi connectivity index (χ1) is 22.9. The molecular formula is C41H38N4OPtS. The molecule has 0 amide bonds. The summed E-state index contributed by atoms with van der Waals surface area (Å²) in [5, 5.41) is 7.03. The van der Waals surface area contributed by atoms with Gasteiger partial charge in [-0.2, -0.15) is 17.2 Å². The van der Waals surface area contributed by atoms with E-state index in [4.69, 9.17) is 14.8 Å². The van der Waals surface area contributed by atoms with Crippen LogP contribution in [0.3, 0.4) is 0 Å². The molecule has 244 valence electrons. The van der Waals surface area contributed by atoms with E-state index in [9.17, 15) is 0 Å². The molecule has 7 aromatic rings. The molecule has 0 N–H and O–H groups in total. The summed E-state index contributed by atoms with van der Waals surface area (Å²) in [6, 6.07) is 36.2. The van der Waals surface area contributed by atoms with E-state index in [1.807, 2.05) is 47.4 Å². The number of hydrogen-bond donors (Lipinski definition) is 0. The van der Waals surface area contributed by atoms with Crippen molar-refractivity contribution in [2.75, 3.05) is 6.26 Å². The van der Waals surface area contributed by atoms with Crippen LogP contribution in [-0.4, -0.2) is 25.6 Å². The first kappa shape index (κ1) is 33.8. The van der Waals surface area contributed by atoms with E-state index < -0.39 is 0 Å². The zero-order valence-corrected chi connectivity index (χ0v) is 30.9. The molecule has 0 aliphatic carbocycles. The molecule has 0 fully saturated rings. The standard InChI is InChI=1S/C41H38N4OS.Pt/c1-27(2)20-29-10-8-11-30(21-28(3)4)41(29)31-25-43-44(26-31)32-12-9-13-33(22-32)46-34-16-17-37-36-14-6-7-15-38(36)45(39(37)23-34)40-24-35(47-5)18-19-42-40;/h6-19,24-28H,20-21H2,1-5H3;/q-2;+2. The SMILES string of the molecule is CSc1ccnc(-n2c3[c-]c(Oc4[c-]c(-n5cc(-c6c(CC(C)C)cccc6CC(C)C)cn5)ccc4)ccc3c3ccccc32)c1.[Pt+2]. The predicted molar refractivity (Wildman–Crippen MR) is 194 cm³/mol. The van der Waals surface area contributed by atoms with Crippen LogP contribution >= 0.6 is 11.8 Å². The van der Waals surface area contributed by atoms with Crippen LogP contribution in [0.1, 0.15) is 38.8 Å². The van der Waals surface area contributed by atoms with E-state index in [1.165, 1.54) is 16.7 Å². The van der Waals surface area contributed by atoms with Gasteiger partial charge >= 0.3 is 21.1 Å². The third-order valence-corrected chi connectivity index (χ3v) is 9.05. The molecule has 5 nitrogen and oxygen atoms in total. The molecule has 7 heteroatoms. The topological polar surface area (TPSA) is 44.9 Å². The maximum absolute atomic E-state index is 6.41. The summed E-state index contributed by atoms with van der Waals surface area (Å²) in [4.78, 5) is 5.88. The average Bonchev–Trinajstić information content (AvgIpc) is 3.68. The van der Waals surface area contributed by atoms with Crippen LogP contribution in [0.2, 0.25) is 0 Å². The van der Waals surface area contributed by atoms with Gasteiger partial charge in [0.05, 0.1) is 6.20 Å². The van der Waals surface area contributed by atoms with Crippen LogP contribution < -0.4 is 4.74 Å². The van der Waals surface area contributed by atoms with Crippen molar-refractivity contribution in [1.29, 1.82) is 0 Å². The Kier molecular flexibility index (Phi) is 10.2. The van der Waals surface area contributed by atoms with Crippen LogP contribution in [0.15, 0.2) is 108 Å². The molecule has 0 aliphatic heterocycles. The van der Waals surface area contributed by atoms with Crippen LogP contribution in [0.4, 0.5) is 0 Å². The minimum Gasteiger partial charge on any atom is -0.509 e. The van der Waals surface area contributed by atoms with Crippen molar-refractivity contribution in [3.05, 3.63) is 127 Å². The monoisotopic (exact) mass is 829 g/mol. The fourth-order valence-corrected chi connectivity index (χ4v) is 6.82. The number of pyridine rings is 1. The van der Waals surface area contributed by atoms with Crippen molar-refractivity contribution in [3.8, 4) is 34.1 Å². The van der Waals surface area contributed by atoms with Crippen LogP contribution in [0.25, 0.3) is 44.4 Å². The second-order valence-electron chi connectivity index (χ2n) is 12.8. The van der Waals surface area contributed by atoms with E-state index in [1.54, 1.807) is 11.8 Å². The van der Waals surface area contributed by atoms with Gasteiger partial charge in [-0.15, -0.1) is 47.5 Å². The Morgan fingerprint density at radius 1 is 0.792 bits per heavy atom. The molecule has 48 heavy (non-hydrogen) atoms. The van der Waals surface area contributed by atoms with E-state index in [-0.39, 0.29) is 21.1 Å². The molecule has 7 rings (SSSR count). The fourth-order valence-electron chi connectivity index (χ4n) is 6.40. The number of ether oxygens (including phenoxy) is 1. The molecule has 0 spiro atoms. The van der Waals surface area contributed by atoms with Gasteiger partial charge in [-0.05, 0) is 76.9 Å². The minimum absolute atomic E-state index is 0. The maximum atomic E-state index is 6.41. The number of rotatable bonds is 10. The van der Waals surface area contributed by atoms with Gasteiger partial charge in [-0.1, -0.05) is 69.6 Å². The maximum Gasteiger partial charge on any atom is 2.00 e. The van der Waals surface area contributed by atoms with Gasteiger partial charge in [0.2, 0.25) is 0 Å². The molecule has 3 heterocycles. The number of nitrogens with zero attached hydrogens (tertiary/aromatic N) is 4. The van der Waals surface area contributed by atoms with E-state index >= 15 is 0 Å². The van der Waals surface area contributed by atoms with Gasteiger partial charge in [-0.3, -0.25) is 4.68 Å². The zero-order valence-electron chi connectivity index (χ0n) is 27.8. The quantitative estimate of drug-likeness (QED) is 0.102. The zero-order chi connectivity index (χ0) is 32.5. The van der Waals surface area contributed by atoms with E-state index in [0.717, 1.165) is 56.6 Å². The number of para-hydroxylation sites is 1. The molecule has 0 atom stereocenters. The number of benzene rings is 4. The molecule has 0 bridgehead atoms. The first-order valence-corrected chi connectivity index (χ1v) is 17.4. The second kappa shape index (κ2) is 14.6. The van der Waals surface area contributed by atoms with Crippen LogP contribution in [0.5, 0.6) is 11.5 Å². The number of hydrogen-bond acceptors (Lipinski definition) is 4. The normalized spacial score (nSPS) is 11.5. The fraction of sp³-hybridized carbons (Fsp3) is 0.220. The summed E-state index contributed by atoms with van der Waals surface area (Å²) >= 11 is 1.70. The molecule has 3 aromatic heterocycles. The van der Waals surface area contributed by atoms with Crippen LogP contribution in [-0.2, 0) is 33.9 Å². The Bertz CT molecular complexity index is 2170. The summed E-state index contributed by atoms with van der Waals surface area (Å²) in [7, 11) is 0. The molecule has 0 radical (unpaired) electrons. The summed E-state index contributed by atoms with van der Waals surface area (Å²) < 4.78 is 10.5. The van der Waals surface area contributed by atoms with Gasteiger partial charge in [-0.25, -0.2) is 4.98 Å². The molecule has 4 aromatic carbocycles. The Morgan fingerprint density at radius 3 is 2.27 bits per heavy atom. The second-order valence-corrected chi connectivity index (χ2v) is 13.7. The number of fused-ring (bicyclic) bond motifs is 3. The largest absolute Gasteiger partial charge is 2.00 e. The van der Waals surface area contributed by atoms with Gasteiger partial charge in [0, 0.05) is 39.9 Å². The Morgan fingerprint density at radius 2 is 1.52 bits per heavy atom. The van der Waals surface area contributed by atoms with Gasteiger partial charge in [0.15, 0.2) is 0 Å². The predicted octanol–water partition coefficient (Wildman–Crippen LogP) is 10.5. The Labute approximate surface area is 301 Å². The van der Waals surface area contributed by atoms with Crippen molar-refractivity contribution in [1.82, 2.24) is 19.3 Å². The van der Waals surface area contributed by atoms with E-state index in [2.05, 4.69) is 111 Å². The van der Waals surface area contributed by atoms with Gasteiger partial charge in [0.1, 0.15) is 5.82 Å². The van der Waals surface area contributed by atoms with Crippen molar-refractivity contribution >= 4 is 33.6 Å². The van der Waals surface area contributed by atoms with E-state index in [0.29, 0.717) is 23.3 Å². The number of thioether (sulfide) groups is 1. The van der Waals surface area contributed by atoms with Gasteiger partial charge < -0.3 is 9.30 Å². The Balaban J connectivity index is 0.00000401. The summed E-state index contributed by atoms with van der Waals surface area (Å²) in [6.45, 7) is 9.10. The van der Waals surface area contributed by atoms with Crippen molar-refractivity contribution in [3.63, 3.8) is 0 Å². The third kappa shape index (κ3) is 6.88. The van der Waals surface area contributed by atoms with Crippen molar-refractivity contribution in [2.45, 2.75) is 45.4 Å². The average molecular weight is 830 g/mol. The third-order valence-electron chi connectivity index (χ3n) is 8.32. The molecule has 0 saturated heterocycles. The summed E-state index contributed by atoms with van der Waals surface area (Å²) in [5.74, 6) is 3.19. The molecular weight excluding hydrogens is 792 g/mol. The van der Waals surface area contributed by atoms with Crippen LogP contribution in [0, 0.1) is 24.0 Å². The molecule has 0 saturated carbocycles. The number of aromatic nitrogens is 4. The first-order valence-electron chi connectivity index (χ1n) is 16.2. The smallest absolute Gasteiger partial charge is 0.509 e. The summed E-state index contributed by atoms with van der Waals surface area (Å²) in [6.07, 6.45) is 10.1. The minimum atomic E-state index is 0. The van der Waals surface area contributed by atoms with Crippen molar-refractivity contribution in [2.24, 2.45) is 11.8 Å². The summed E-state index contributed by atoms with van der Waals surface area (Å²) in [5.41, 5.74) is 7.99. The molecule has 0 unspecified atom stereocenters. The Hall–Kier alpha value is -4.12.